The molecule has 1 aliphatic rings. The molecular formula is C17H28N4O3. The topological polar surface area (TPSA) is 96.3 Å². The number of aromatic nitrogens is 2. The van der Waals surface area contributed by atoms with Crippen molar-refractivity contribution in [2.45, 2.75) is 45.4 Å². The van der Waals surface area contributed by atoms with Gasteiger partial charge in [-0.3, -0.25) is 14.3 Å². The standard InChI is InChI=1S/C17H28N4O3/c1-11(2)13(10-22)9-18-16(23)17(24)19-15-8-14(21(3)20-15)12-6-4-5-7-12/h8,11-13,22H,4-7,9-10H2,1-3H3,(H,18,23)(H,19,20,24). The lowest BCUT2D eigenvalue weighted by Crippen LogP contribution is -2.39. The molecular weight excluding hydrogens is 308 g/mol. The van der Waals surface area contributed by atoms with Crippen molar-refractivity contribution in [3.05, 3.63) is 11.8 Å². The number of carbonyl (C=O) groups is 2. The van der Waals surface area contributed by atoms with Gasteiger partial charge < -0.3 is 15.7 Å². The van der Waals surface area contributed by atoms with Crippen LogP contribution in [-0.2, 0) is 16.6 Å². The second kappa shape index (κ2) is 8.28. The van der Waals surface area contributed by atoms with Crippen LogP contribution in [0.4, 0.5) is 5.82 Å². The van der Waals surface area contributed by atoms with Gasteiger partial charge in [0, 0.05) is 43.8 Å². The Morgan fingerprint density at radius 1 is 1.33 bits per heavy atom. The average molecular weight is 336 g/mol. The van der Waals surface area contributed by atoms with Crippen molar-refractivity contribution in [1.29, 1.82) is 0 Å². The first-order valence-corrected chi connectivity index (χ1v) is 8.66. The summed E-state index contributed by atoms with van der Waals surface area (Å²) in [6.07, 6.45) is 4.74. The van der Waals surface area contributed by atoms with Gasteiger partial charge in [0.1, 0.15) is 0 Å². The molecule has 0 aromatic carbocycles. The predicted molar refractivity (Wildman–Crippen MR) is 91.5 cm³/mol. The average Bonchev–Trinajstić information content (AvgIpc) is 3.16. The van der Waals surface area contributed by atoms with E-state index in [2.05, 4.69) is 15.7 Å². The summed E-state index contributed by atoms with van der Waals surface area (Å²) in [5.74, 6) is -0.386. The Labute approximate surface area is 142 Å². The summed E-state index contributed by atoms with van der Waals surface area (Å²) in [7, 11) is 1.86. The molecule has 0 aliphatic heterocycles. The van der Waals surface area contributed by atoms with E-state index in [-0.39, 0.29) is 25.0 Å². The molecule has 1 saturated carbocycles. The Balaban J connectivity index is 1.89. The van der Waals surface area contributed by atoms with Crippen LogP contribution in [0.2, 0.25) is 0 Å². The molecule has 2 rings (SSSR count). The number of rotatable bonds is 6. The zero-order valence-corrected chi connectivity index (χ0v) is 14.7. The third-order valence-corrected chi connectivity index (χ3v) is 4.84. The molecule has 7 heteroatoms. The van der Waals surface area contributed by atoms with Gasteiger partial charge in [-0.15, -0.1) is 0 Å². The van der Waals surface area contributed by atoms with E-state index in [0.717, 1.165) is 18.5 Å². The van der Waals surface area contributed by atoms with Crippen LogP contribution in [0.15, 0.2) is 6.07 Å². The molecule has 1 unspecified atom stereocenters. The maximum absolute atomic E-state index is 12.0. The molecule has 0 radical (unpaired) electrons. The molecule has 7 nitrogen and oxygen atoms in total. The van der Waals surface area contributed by atoms with Gasteiger partial charge in [-0.05, 0) is 18.8 Å². The van der Waals surface area contributed by atoms with Gasteiger partial charge >= 0.3 is 11.8 Å². The van der Waals surface area contributed by atoms with E-state index in [9.17, 15) is 14.7 Å². The van der Waals surface area contributed by atoms with Crippen molar-refractivity contribution in [2.24, 2.45) is 18.9 Å². The number of aliphatic hydroxyl groups is 1. The van der Waals surface area contributed by atoms with Crippen LogP contribution in [0.1, 0.15) is 51.1 Å². The number of hydrogen-bond donors (Lipinski definition) is 3. The van der Waals surface area contributed by atoms with Gasteiger partial charge in [0.05, 0.1) is 0 Å². The third kappa shape index (κ3) is 4.56. The molecule has 1 heterocycles. The minimum atomic E-state index is -0.730. The van der Waals surface area contributed by atoms with Crippen LogP contribution in [-0.4, -0.2) is 39.9 Å². The molecule has 0 bridgehead atoms. The summed E-state index contributed by atoms with van der Waals surface area (Å²) in [6, 6.07) is 1.85. The highest BCUT2D eigenvalue weighted by atomic mass is 16.3. The molecule has 134 valence electrons. The number of aliphatic hydroxyl groups excluding tert-OH is 1. The number of anilines is 1. The van der Waals surface area contributed by atoms with E-state index < -0.39 is 11.8 Å². The minimum Gasteiger partial charge on any atom is -0.396 e. The number of nitrogens with one attached hydrogen (secondary N) is 2. The number of amides is 2. The summed E-state index contributed by atoms with van der Waals surface area (Å²) >= 11 is 0. The van der Waals surface area contributed by atoms with E-state index in [4.69, 9.17) is 0 Å². The minimum absolute atomic E-state index is 0.0233. The van der Waals surface area contributed by atoms with Crippen molar-refractivity contribution in [1.82, 2.24) is 15.1 Å². The summed E-state index contributed by atoms with van der Waals surface area (Å²) in [5, 5.41) is 18.7. The van der Waals surface area contributed by atoms with E-state index in [1.54, 1.807) is 4.68 Å². The predicted octanol–water partition coefficient (Wildman–Crippen LogP) is 1.40. The third-order valence-electron chi connectivity index (χ3n) is 4.84. The lowest BCUT2D eigenvalue weighted by molar-refractivity contribution is -0.136. The summed E-state index contributed by atoms with van der Waals surface area (Å²) in [4.78, 5) is 23.9. The van der Waals surface area contributed by atoms with Gasteiger partial charge in [0.25, 0.3) is 0 Å². The first-order chi connectivity index (χ1) is 11.4. The first kappa shape index (κ1) is 18.4. The highest BCUT2D eigenvalue weighted by Crippen LogP contribution is 2.34. The van der Waals surface area contributed by atoms with Crippen LogP contribution >= 0.6 is 0 Å². The zero-order valence-electron chi connectivity index (χ0n) is 14.7. The molecule has 2 amide bonds. The molecule has 1 aliphatic carbocycles. The maximum Gasteiger partial charge on any atom is 0.314 e. The normalized spacial score (nSPS) is 16.4. The van der Waals surface area contributed by atoms with Gasteiger partial charge in [0.2, 0.25) is 0 Å². The van der Waals surface area contributed by atoms with Crippen molar-refractivity contribution < 1.29 is 14.7 Å². The lowest BCUT2D eigenvalue weighted by Gasteiger charge is -2.18. The van der Waals surface area contributed by atoms with E-state index in [0.29, 0.717) is 11.7 Å². The fourth-order valence-corrected chi connectivity index (χ4v) is 3.13. The van der Waals surface area contributed by atoms with E-state index in [1.165, 1.54) is 12.8 Å². The molecule has 1 aromatic heterocycles. The van der Waals surface area contributed by atoms with Gasteiger partial charge in [-0.2, -0.15) is 5.10 Å². The number of carbonyl (C=O) groups excluding carboxylic acids is 2. The van der Waals surface area contributed by atoms with Crippen molar-refractivity contribution in [3.8, 4) is 0 Å². The fraction of sp³-hybridized carbons (Fsp3) is 0.706. The number of aryl methyl sites for hydroxylation is 1. The molecule has 24 heavy (non-hydrogen) atoms. The Kier molecular flexibility index (Phi) is 6.36. The Morgan fingerprint density at radius 3 is 2.58 bits per heavy atom. The van der Waals surface area contributed by atoms with Crippen molar-refractivity contribution >= 4 is 17.6 Å². The van der Waals surface area contributed by atoms with Gasteiger partial charge in [-0.25, -0.2) is 0 Å². The van der Waals surface area contributed by atoms with Crippen LogP contribution in [0, 0.1) is 11.8 Å². The molecule has 0 saturated heterocycles. The monoisotopic (exact) mass is 336 g/mol. The van der Waals surface area contributed by atoms with Crippen LogP contribution in [0.5, 0.6) is 0 Å². The quantitative estimate of drug-likeness (QED) is 0.684. The van der Waals surface area contributed by atoms with Gasteiger partial charge in [0.15, 0.2) is 5.82 Å². The maximum atomic E-state index is 12.0. The Morgan fingerprint density at radius 2 is 2.00 bits per heavy atom. The summed E-state index contributed by atoms with van der Waals surface area (Å²) in [6.45, 7) is 4.18. The van der Waals surface area contributed by atoms with Crippen molar-refractivity contribution in [3.63, 3.8) is 0 Å². The zero-order chi connectivity index (χ0) is 17.7. The Bertz CT molecular complexity index is 576. The lowest BCUT2D eigenvalue weighted by atomic mass is 9.97. The second-order valence-corrected chi connectivity index (χ2v) is 6.91. The number of hydrogen-bond acceptors (Lipinski definition) is 4. The van der Waals surface area contributed by atoms with Crippen LogP contribution < -0.4 is 10.6 Å². The molecule has 1 aromatic rings. The van der Waals surface area contributed by atoms with E-state index in [1.807, 2.05) is 27.0 Å². The van der Waals surface area contributed by atoms with Crippen molar-refractivity contribution in [2.75, 3.05) is 18.5 Å². The SMILES string of the molecule is CC(C)C(CO)CNC(=O)C(=O)Nc1cc(C2CCCC2)n(C)n1. The molecule has 1 fully saturated rings. The smallest absolute Gasteiger partial charge is 0.314 e. The summed E-state index contributed by atoms with van der Waals surface area (Å²) < 4.78 is 1.78. The van der Waals surface area contributed by atoms with Crippen LogP contribution in [0.25, 0.3) is 0 Å². The highest BCUT2D eigenvalue weighted by Gasteiger charge is 2.23. The Hall–Kier alpha value is -1.89. The molecule has 3 N–H and O–H groups in total. The highest BCUT2D eigenvalue weighted by molar-refractivity contribution is 6.39. The second-order valence-electron chi connectivity index (χ2n) is 6.91. The first-order valence-electron chi connectivity index (χ1n) is 8.66. The fourth-order valence-electron chi connectivity index (χ4n) is 3.13. The summed E-state index contributed by atoms with van der Waals surface area (Å²) in [5.41, 5.74) is 1.10. The molecule has 1 atom stereocenters. The number of nitrogens with zero attached hydrogens (tertiary/aromatic N) is 2. The van der Waals surface area contributed by atoms with Crippen LogP contribution in [0.3, 0.4) is 0 Å². The largest absolute Gasteiger partial charge is 0.396 e. The van der Waals surface area contributed by atoms with E-state index >= 15 is 0 Å². The molecule has 0 spiro atoms. The van der Waals surface area contributed by atoms with Gasteiger partial charge in [-0.1, -0.05) is 26.7 Å².